The second kappa shape index (κ2) is 7.53. The van der Waals surface area contributed by atoms with Crippen molar-refractivity contribution in [2.75, 3.05) is 15.2 Å². The van der Waals surface area contributed by atoms with Gasteiger partial charge in [-0.3, -0.25) is 9.44 Å². The first-order chi connectivity index (χ1) is 13.2. The number of anilines is 3. The van der Waals surface area contributed by atoms with E-state index in [1.165, 1.54) is 48.5 Å². The Hall–Kier alpha value is -3.04. The van der Waals surface area contributed by atoms with Crippen molar-refractivity contribution in [3.8, 4) is 0 Å². The molecule has 0 amide bonds. The number of rotatable bonds is 6. The SMILES string of the molecule is Cc1ccc(NS(=O)(=O)c2ccc(NS(=O)(=O)c3ccc(N)cc3)cc2)cc1. The van der Waals surface area contributed by atoms with Crippen LogP contribution in [-0.4, -0.2) is 16.8 Å². The van der Waals surface area contributed by atoms with Crippen LogP contribution in [0.1, 0.15) is 5.56 Å². The topological polar surface area (TPSA) is 118 Å². The summed E-state index contributed by atoms with van der Waals surface area (Å²) in [5, 5.41) is 0. The predicted octanol–water partition coefficient (Wildman–Crippen LogP) is 3.18. The summed E-state index contributed by atoms with van der Waals surface area (Å²) in [6.07, 6.45) is 0. The number of nitrogens with one attached hydrogen (secondary N) is 2. The van der Waals surface area contributed by atoms with E-state index in [1.54, 1.807) is 24.3 Å². The zero-order valence-electron chi connectivity index (χ0n) is 15.0. The molecule has 3 aromatic carbocycles. The van der Waals surface area contributed by atoms with Crippen LogP contribution in [0.15, 0.2) is 82.6 Å². The van der Waals surface area contributed by atoms with Crippen molar-refractivity contribution in [1.82, 2.24) is 0 Å². The van der Waals surface area contributed by atoms with Gasteiger partial charge in [-0.05, 0) is 67.6 Å². The van der Waals surface area contributed by atoms with Gasteiger partial charge in [0.25, 0.3) is 20.0 Å². The maximum atomic E-state index is 12.5. The number of aryl methyl sites for hydroxylation is 1. The monoisotopic (exact) mass is 417 g/mol. The van der Waals surface area contributed by atoms with Crippen LogP contribution in [0.2, 0.25) is 0 Å². The van der Waals surface area contributed by atoms with Gasteiger partial charge in [0.05, 0.1) is 9.79 Å². The van der Waals surface area contributed by atoms with Crippen LogP contribution in [0.3, 0.4) is 0 Å². The third-order valence-electron chi connectivity index (χ3n) is 3.91. The fourth-order valence-corrected chi connectivity index (χ4v) is 4.52. The van der Waals surface area contributed by atoms with Crippen molar-refractivity contribution in [3.05, 3.63) is 78.4 Å². The van der Waals surface area contributed by atoms with Crippen LogP contribution in [0, 0.1) is 6.92 Å². The molecule has 0 aliphatic carbocycles. The molecule has 146 valence electrons. The number of hydrogen-bond acceptors (Lipinski definition) is 5. The van der Waals surface area contributed by atoms with Gasteiger partial charge in [-0.15, -0.1) is 0 Å². The Morgan fingerprint density at radius 1 is 0.607 bits per heavy atom. The first kappa shape index (κ1) is 19.7. The average molecular weight is 418 g/mol. The molecule has 4 N–H and O–H groups in total. The molecule has 0 heterocycles. The lowest BCUT2D eigenvalue weighted by molar-refractivity contribution is 0.600. The first-order valence-corrected chi connectivity index (χ1v) is 11.2. The van der Waals surface area contributed by atoms with Crippen LogP contribution in [0.25, 0.3) is 0 Å². The smallest absolute Gasteiger partial charge is 0.261 e. The molecule has 0 bridgehead atoms. The molecule has 28 heavy (non-hydrogen) atoms. The minimum atomic E-state index is -3.80. The van der Waals surface area contributed by atoms with Crippen molar-refractivity contribution < 1.29 is 16.8 Å². The van der Waals surface area contributed by atoms with Gasteiger partial charge in [0.1, 0.15) is 0 Å². The van der Waals surface area contributed by atoms with E-state index < -0.39 is 20.0 Å². The first-order valence-electron chi connectivity index (χ1n) is 8.24. The Morgan fingerprint density at radius 2 is 0.964 bits per heavy atom. The standard InChI is InChI=1S/C19H19N3O4S2/c1-14-2-6-16(7-3-14)21-28(25,26)19-12-8-17(9-13-19)22-27(23,24)18-10-4-15(20)5-11-18/h2-13,21-22H,20H2,1H3. The highest BCUT2D eigenvalue weighted by atomic mass is 32.2. The molecule has 0 aromatic heterocycles. The zero-order valence-corrected chi connectivity index (χ0v) is 16.6. The summed E-state index contributed by atoms with van der Waals surface area (Å²) in [6.45, 7) is 1.91. The Labute approximate surface area is 164 Å². The second-order valence-electron chi connectivity index (χ2n) is 6.17. The molecule has 3 rings (SSSR count). The van der Waals surface area contributed by atoms with Gasteiger partial charge >= 0.3 is 0 Å². The highest BCUT2D eigenvalue weighted by Crippen LogP contribution is 2.21. The number of benzene rings is 3. The molecule has 0 fully saturated rings. The second-order valence-corrected chi connectivity index (χ2v) is 9.54. The molecular formula is C19H19N3O4S2. The molecule has 0 aliphatic heterocycles. The fourth-order valence-electron chi connectivity index (χ4n) is 2.40. The summed E-state index contributed by atoms with van der Waals surface area (Å²) in [4.78, 5) is 0.0722. The quantitative estimate of drug-likeness (QED) is 0.532. The lowest BCUT2D eigenvalue weighted by Crippen LogP contribution is -2.14. The van der Waals surface area contributed by atoms with Crippen LogP contribution < -0.4 is 15.2 Å². The molecule has 0 saturated carbocycles. The third-order valence-corrected chi connectivity index (χ3v) is 6.71. The molecule has 0 saturated heterocycles. The summed E-state index contributed by atoms with van der Waals surface area (Å²) in [5.74, 6) is 0. The predicted molar refractivity (Wildman–Crippen MR) is 110 cm³/mol. The lowest BCUT2D eigenvalue weighted by Gasteiger charge is -2.11. The molecule has 3 aromatic rings. The molecule has 0 radical (unpaired) electrons. The Kier molecular flexibility index (Phi) is 5.30. The summed E-state index contributed by atoms with van der Waals surface area (Å²) in [6, 6.07) is 18.1. The number of sulfonamides is 2. The minimum Gasteiger partial charge on any atom is -0.399 e. The van der Waals surface area contributed by atoms with E-state index in [0.717, 1.165) is 5.56 Å². The minimum absolute atomic E-state index is 0.0171. The fraction of sp³-hybridized carbons (Fsp3) is 0.0526. The average Bonchev–Trinajstić information content (AvgIpc) is 2.64. The van der Waals surface area contributed by atoms with Crippen LogP contribution in [0.4, 0.5) is 17.1 Å². The largest absolute Gasteiger partial charge is 0.399 e. The molecule has 9 heteroatoms. The van der Waals surface area contributed by atoms with Gasteiger partial charge in [-0.25, -0.2) is 16.8 Å². The van der Waals surface area contributed by atoms with E-state index >= 15 is 0 Å². The Balaban J connectivity index is 1.77. The van der Waals surface area contributed by atoms with E-state index in [9.17, 15) is 16.8 Å². The van der Waals surface area contributed by atoms with Gasteiger partial charge in [0.2, 0.25) is 0 Å². The molecular weight excluding hydrogens is 398 g/mol. The van der Waals surface area contributed by atoms with Gasteiger partial charge in [0, 0.05) is 17.1 Å². The van der Waals surface area contributed by atoms with Gasteiger partial charge in [-0.1, -0.05) is 17.7 Å². The molecule has 0 aliphatic rings. The Bertz CT molecular complexity index is 1170. The van der Waals surface area contributed by atoms with E-state index in [2.05, 4.69) is 9.44 Å². The zero-order chi connectivity index (χ0) is 20.4. The number of hydrogen-bond donors (Lipinski definition) is 3. The van der Waals surface area contributed by atoms with Gasteiger partial charge in [0.15, 0.2) is 0 Å². The van der Waals surface area contributed by atoms with Crippen molar-refractivity contribution in [1.29, 1.82) is 0 Å². The van der Waals surface area contributed by atoms with Crippen LogP contribution in [0.5, 0.6) is 0 Å². The highest BCUT2D eigenvalue weighted by Gasteiger charge is 2.17. The normalized spacial score (nSPS) is 11.8. The summed E-state index contributed by atoms with van der Waals surface area (Å²) >= 11 is 0. The lowest BCUT2D eigenvalue weighted by atomic mass is 10.2. The maximum absolute atomic E-state index is 12.5. The van der Waals surface area contributed by atoms with Gasteiger partial charge < -0.3 is 5.73 Å². The molecule has 0 spiro atoms. The van der Waals surface area contributed by atoms with Crippen LogP contribution >= 0.6 is 0 Å². The third kappa shape index (κ3) is 4.62. The van der Waals surface area contributed by atoms with Gasteiger partial charge in [-0.2, -0.15) is 0 Å². The van der Waals surface area contributed by atoms with Crippen LogP contribution in [-0.2, 0) is 20.0 Å². The molecule has 0 unspecified atom stereocenters. The van der Waals surface area contributed by atoms with Crippen molar-refractivity contribution >= 4 is 37.1 Å². The maximum Gasteiger partial charge on any atom is 0.261 e. The summed E-state index contributed by atoms with van der Waals surface area (Å²) < 4.78 is 54.6. The molecule has 0 atom stereocenters. The van der Waals surface area contributed by atoms with Crippen molar-refractivity contribution in [2.24, 2.45) is 0 Å². The summed E-state index contributed by atoms with van der Waals surface area (Å²) in [7, 11) is -7.59. The highest BCUT2D eigenvalue weighted by molar-refractivity contribution is 7.93. The van der Waals surface area contributed by atoms with E-state index in [0.29, 0.717) is 11.4 Å². The Morgan fingerprint density at radius 3 is 1.39 bits per heavy atom. The molecule has 7 nitrogen and oxygen atoms in total. The van der Waals surface area contributed by atoms with Crippen molar-refractivity contribution in [3.63, 3.8) is 0 Å². The van der Waals surface area contributed by atoms with Crippen molar-refractivity contribution in [2.45, 2.75) is 16.7 Å². The number of nitrogens with two attached hydrogens (primary N) is 1. The van der Waals surface area contributed by atoms with E-state index in [1.807, 2.05) is 6.92 Å². The van der Waals surface area contributed by atoms with E-state index in [-0.39, 0.29) is 15.5 Å². The summed E-state index contributed by atoms with van der Waals surface area (Å²) in [5.41, 5.74) is 7.72. The number of nitrogen functional groups attached to an aromatic ring is 1. The van der Waals surface area contributed by atoms with E-state index in [4.69, 9.17) is 5.73 Å².